The minimum absolute atomic E-state index is 0.777. The second-order valence-electron chi connectivity index (χ2n) is 3.05. The van der Waals surface area contributed by atoms with Gasteiger partial charge >= 0.3 is 0 Å². The summed E-state index contributed by atoms with van der Waals surface area (Å²) in [7, 11) is 0. The molecule has 1 fully saturated rings. The molecule has 4 heteroatoms. The third kappa shape index (κ3) is 2.17. The maximum Gasteiger partial charge on any atom is 0.144 e. The average Bonchev–Trinajstić information content (AvgIpc) is 2.87. The van der Waals surface area contributed by atoms with Crippen LogP contribution in [-0.2, 0) is 0 Å². The van der Waals surface area contributed by atoms with Crippen molar-refractivity contribution in [2.24, 2.45) is 5.92 Å². The van der Waals surface area contributed by atoms with E-state index >= 15 is 0 Å². The highest BCUT2D eigenvalue weighted by molar-refractivity contribution is 9.10. The van der Waals surface area contributed by atoms with Gasteiger partial charge < -0.3 is 5.32 Å². The molecule has 3 nitrogen and oxygen atoms in total. The molecule has 1 saturated carbocycles. The van der Waals surface area contributed by atoms with Crippen LogP contribution in [0.25, 0.3) is 0 Å². The summed E-state index contributed by atoms with van der Waals surface area (Å²) >= 11 is 3.24. The molecule has 2 rings (SSSR count). The van der Waals surface area contributed by atoms with Gasteiger partial charge in [0.1, 0.15) is 10.4 Å². The fraction of sp³-hybridized carbons (Fsp3) is 0.500. The predicted molar refractivity (Wildman–Crippen MR) is 50.9 cm³/mol. The lowest BCUT2D eigenvalue weighted by Crippen LogP contribution is -2.04. The number of nitrogens with one attached hydrogen (secondary N) is 1. The Kier molecular flexibility index (Phi) is 2.26. The molecule has 1 aliphatic carbocycles. The zero-order valence-corrected chi connectivity index (χ0v) is 8.21. The van der Waals surface area contributed by atoms with Gasteiger partial charge in [0.25, 0.3) is 0 Å². The summed E-state index contributed by atoms with van der Waals surface area (Å²) in [4.78, 5) is 8.23. The van der Waals surface area contributed by atoms with E-state index in [1.165, 1.54) is 12.8 Å². The van der Waals surface area contributed by atoms with Gasteiger partial charge in [0.15, 0.2) is 0 Å². The van der Waals surface area contributed by atoms with Crippen molar-refractivity contribution in [2.45, 2.75) is 12.8 Å². The van der Waals surface area contributed by atoms with E-state index in [0.717, 1.165) is 22.9 Å². The Bertz CT molecular complexity index is 256. The maximum absolute atomic E-state index is 4.16. The van der Waals surface area contributed by atoms with E-state index in [1.54, 1.807) is 12.4 Å². The van der Waals surface area contributed by atoms with Crippen molar-refractivity contribution in [3.05, 3.63) is 17.0 Å². The molecule has 0 radical (unpaired) electrons. The molecular weight excluding hydrogens is 218 g/mol. The molecule has 0 saturated heterocycles. The van der Waals surface area contributed by atoms with E-state index in [0.29, 0.717) is 0 Å². The van der Waals surface area contributed by atoms with Crippen LogP contribution in [0.1, 0.15) is 12.8 Å². The second kappa shape index (κ2) is 3.39. The van der Waals surface area contributed by atoms with E-state index < -0.39 is 0 Å². The minimum Gasteiger partial charge on any atom is -0.369 e. The number of hydrogen-bond donors (Lipinski definition) is 1. The third-order valence-electron chi connectivity index (χ3n) is 1.89. The summed E-state index contributed by atoms with van der Waals surface area (Å²) in [5.74, 6) is 1.74. The zero-order valence-electron chi connectivity index (χ0n) is 6.63. The van der Waals surface area contributed by atoms with Crippen molar-refractivity contribution in [2.75, 3.05) is 11.9 Å². The van der Waals surface area contributed by atoms with Crippen LogP contribution >= 0.6 is 15.9 Å². The van der Waals surface area contributed by atoms with Gasteiger partial charge in [-0.15, -0.1) is 0 Å². The molecular formula is C8H10BrN3. The molecule has 1 aromatic heterocycles. The van der Waals surface area contributed by atoms with E-state index in [1.807, 2.05) is 0 Å². The summed E-state index contributed by atoms with van der Waals surface area (Å²) in [5.41, 5.74) is 0. The van der Waals surface area contributed by atoms with Crippen molar-refractivity contribution in [3.63, 3.8) is 0 Å². The SMILES string of the molecule is Brc1cnc(NCC2CC2)cn1. The molecule has 64 valence electrons. The smallest absolute Gasteiger partial charge is 0.144 e. The monoisotopic (exact) mass is 227 g/mol. The predicted octanol–water partition coefficient (Wildman–Crippen LogP) is 2.06. The molecule has 0 atom stereocenters. The van der Waals surface area contributed by atoms with Crippen molar-refractivity contribution >= 4 is 21.7 Å². The fourth-order valence-corrected chi connectivity index (χ4v) is 1.18. The summed E-state index contributed by atoms with van der Waals surface area (Å²) in [6.07, 6.45) is 6.16. The maximum atomic E-state index is 4.16. The van der Waals surface area contributed by atoms with Crippen molar-refractivity contribution in [1.82, 2.24) is 9.97 Å². The van der Waals surface area contributed by atoms with E-state index in [9.17, 15) is 0 Å². The second-order valence-corrected chi connectivity index (χ2v) is 3.86. The lowest BCUT2D eigenvalue weighted by atomic mass is 10.4. The van der Waals surface area contributed by atoms with Gasteiger partial charge in [-0.05, 0) is 34.7 Å². The number of halogens is 1. The van der Waals surface area contributed by atoms with Crippen LogP contribution < -0.4 is 5.32 Å². The average molecular weight is 228 g/mol. The van der Waals surface area contributed by atoms with E-state index in [4.69, 9.17) is 0 Å². The highest BCUT2D eigenvalue weighted by Crippen LogP contribution is 2.28. The molecule has 1 heterocycles. The lowest BCUT2D eigenvalue weighted by Gasteiger charge is -2.02. The quantitative estimate of drug-likeness (QED) is 0.860. The highest BCUT2D eigenvalue weighted by atomic mass is 79.9. The van der Waals surface area contributed by atoms with Crippen LogP contribution in [-0.4, -0.2) is 16.5 Å². The van der Waals surface area contributed by atoms with Gasteiger partial charge in [-0.1, -0.05) is 0 Å². The highest BCUT2D eigenvalue weighted by Gasteiger charge is 2.20. The van der Waals surface area contributed by atoms with E-state index in [-0.39, 0.29) is 0 Å². The van der Waals surface area contributed by atoms with Crippen molar-refractivity contribution < 1.29 is 0 Å². The Morgan fingerprint density at radius 1 is 1.42 bits per heavy atom. The number of nitrogens with zero attached hydrogens (tertiary/aromatic N) is 2. The zero-order chi connectivity index (χ0) is 8.39. The van der Waals surface area contributed by atoms with Crippen LogP contribution in [0.5, 0.6) is 0 Å². The van der Waals surface area contributed by atoms with Crippen LogP contribution in [0.2, 0.25) is 0 Å². The molecule has 1 aromatic rings. The summed E-state index contributed by atoms with van der Waals surface area (Å²) in [6, 6.07) is 0. The molecule has 0 unspecified atom stereocenters. The molecule has 0 aromatic carbocycles. The minimum atomic E-state index is 0.777. The van der Waals surface area contributed by atoms with Gasteiger partial charge in [-0.3, -0.25) is 0 Å². The molecule has 0 bridgehead atoms. The molecule has 0 amide bonds. The van der Waals surface area contributed by atoms with Gasteiger partial charge in [0, 0.05) is 6.54 Å². The Morgan fingerprint density at radius 3 is 2.83 bits per heavy atom. The van der Waals surface area contributed by atoms with Crippen molar-refractivity contribution in [1.29, 1.82) is 0 Å². The van der Waals surface area contributed by atoms with Gasteiger partial charge in [0.05, 0.1) is 12.4 Å². The van der Waals surface area contributed by atoms with Gasteiger partial charge in [-0.2, -0.15) is 0 Å². The Morgan fingerprint density at radius 2 is 2.25 bits per heavy atom. The Labute approximate surface area is 79.7 Å². The summed E-state index contributed by atoms with van der Waals surface area (Å²) < 4.78 is 0.777. The summed E-state index contributed by atoms with van der Waals surface area (Å²) in [6.45, 7) is 1.04. The molecule has 0 aliphatic heterocycles. The van der Waals surface area contributed by atoms with Crippen LogP contribution in [0, 0.1) is 5.92 Å². The molecule has 12 heavy (non-hydrogen) atoms. The number of anilines is 1. The number of rotatable bonds is 3. The number of hydrogen-bond acceptors (Lipinski definition) is 3. The van der Waals surface area contributed by atoms with Crippen LogP contribution in [0.15, 0.2) is 17.0 Å². The molecule has 1 N–H and O–H groups in total. The molecule has 0 spiro atoms. The first-order valence-corrected chi connectivity index (χ1v) is 4.85. The normalized spacial score (nSPS) is 16.1. The standard InChI is InChI=1S/C8H10BrN3/c9-7-4-12-8(5-10-7)11-3-6-1-2-6/h4-6H,1-3H2,(H,11,12). The van der Waals surface area contributed by atoms with E-state index in [2.05, 4.69) is 31.2 Å². The van der Waals surface area contributed by atoms with Crippen LogP contribution in [0.3, 0.4) is 0 Å². The first-order chi connectivity index (χ1) is 5.84. The summed E-state index contributed by atoms with van der Waals surface area (Å²) in [5, 5.41) is 3.24. The Balaban J connectivity index is 1.89. The molecule has 1 aliphatic rings. The fourth-order valence-electron chi connectivity index (χ4n) is 0.974. The topological polar surface area (TPSA) is 37.8 Å². The third-order valence-corrected chi connectivity index (χ3v) is 2.30. The van der Waals surface area contributed by atoms with Gasteiger partial charge in [0.2, 0.25) is 0 Å². The van der Waals surface area contributed by atoms with Crippen LogP contribution in [0.4, 0.5) is 5.82 Å². The first kappa shape index (κ1) is 7.98. The van der Waals surface area contributed by atoms with Gasteiger partial charge in [-0.25, -0.2) is 9.97 Å². The Hall–Kier alpha value is -0.640. The number of aromatic nitrogens is 2. The van der Waals surface area contributed by atoms with Crippen molar-refractivity contribution in [3.8, 4) is 0 Å². The first-order valence-electron chi connectivity index (χ1n) is 4.06. The lowest BCUT2D eigenvalue weighted by molar-refractivity contribution is 0.880. The largest absolute Gasteiger partial charge is 0.369 e.